The zero-order valence-corrected chi connectivity index (χ0v) is 22.0. The lowest BCUT2D eigenvalue weighted by Crippen LogP contribution is -2.68. The minimum atomic E-state index is -0.836. The van der Waals surface area contributed by atoms with E-state index in [4.69, 9.17) is 4.98 Å². The maximum atomic E-state index is 12.2. The van der Waals surface area contributed by atoms with Crippen molar-refractivity contribution in [3.63, 3.8) is 0 Å². The highest BCUT2D eigenvalue weighted by atomic mass is 16.4. The van der Waals surface area contributed by atoms with Gasteiger partial charge in [0.25, 0.3) is 0 Å². The van der Waals surface area contributed by atoms with Gasteiger partial charge in [-0.05, 0) is 36.5 Å². The van der Waals surface area contributed by atoms with Gasteiger partial charge in [0.2, 0.25) is 0 Å². The summed E-state index contributed by atoms with van der Waals surface area (Å²) in [6.07, 6.45) is 9.93. The van der Waals surface area contributed by atoms with E-state index in [1.54, 1.807) is 26.5 Å². The molecule has 2 fully saturated rings. The van der Waals surface area contributed by atoms with Gasteiger partial charge in [0.05, 0.1) is 35.1 Å². The summed E-state index contributed by atoms with van der Waals surface area (Å²) in [6, 6.07) is 8.27. The van der Waals surface area contributed by atoms with Gasteiger partial charge in [-0.2, -0.15) is 15.5 Å². The third kappa shape index (κ3) is 3.53. The van der Waals surface area contributed by atoms with Crippen LogP contribution >= 0.6 is 0 Å². The summed E-state index contributed by atoms with van der Waals surface area (Å²) in [5, 5.41) is 28.5. The van der Waals surface area contributed by atoms with Crippen LogP contribution in [0.3, 0.4) is 0 Å². The van der Waals surface area contributed by atoms with Crippen molar-refractivity contribution in [1.82, 2.24) is 29.3 Å². The summed E-state index contributed by atoms with van der Waals surface area (Å²) in [5.41, 5.74) is 4.17. The molecule has 6 heterocycles. The Hall–Kier alpha value is -4.39. The Morgan fingerprint density at radius 3 is 2.58 bits per heavy atom. The molecule has 2 bridgehead atoms. The number of piperazine rings is 1. The molecular weight excluding hydrogens is 480 g/mol. The molecule has 2 saturated heterocycles. The van der Waals surface area contributed by atoms with E-state index in [0.29, 0.717) is 18.7 Å². The first-order valence-corrected chi connectivity index (χ1v) is 12.8. The first-order valence-electron chi connectivity index (χ1n) is 12.8. The topological polar surface area (TPSA) is 116 Å². The lowest BCUT2D eigenvalue weighted by Gasteiger charge is -2.54. The van der Waals surface area contributed by atoms with Crippen LogP contribution < -0.4 is 4.90 Å². The summed E-state index contributed by atoms with van der Waals surface area (Å²) in [7, 11) is 1.87. The summed E-state index contributed by atoms with van der Waals surface area (Å²) >= 11 is 0. The average molecular weight is 511 g/mol. The summed E-state index contributed by atoms with van der Waals surface area (Å²) in [4.78, 5) is 21.0. The number of nitrogens with zero attached hydrogens (tertiary/aromatic N) is 8. The third-order valence-electron chi connectivity index (χ3n) is 8.36. The molecule has 10 nitrogen and oxygen atoms in total. The molecule has 1 N–H and O–H groups in total. The van der Waals surface area contributed by atoms with E-state index in [-0.39, 0.29) is 11.5 Å². The van der Waals surface area contributed by atoms with Gasteiger partial charge in [-0.1, -0.05) is 20.8 Å². The fourth-order valence-corrected chi connectivity index (χ4v) is 6.34. The predicted molar refractivity (Wildman–Crippen MR) is 143 cm³/mol. The summed E-state index contributed by atoms with van der Waals surface area (Å²) < 4.78 is 3.49. The second kappa shape index (κ2) is 8.31. The lowest BCUT2D eigenvalue weighted by atomic mass is 9.71. The highest BCUT2D eigenvalue weighted by Crippen LogP contribution is 2.50. The number of rotatable bonds is 3. The third-order valence-corrected chi connectivity index (χ3v) is 8.36. The molecule has 4 aromatic rings. The molecule has 0 aromatic carbocycles. The van der Waals surface area contributed by atoms with Crippen LogP contribution in [0.4, 0.5) is 10.6 Å². The maximum Gasteiger partial charge on any atom is 0.408 e. The molecule has 10 heteroatoms. The number of nitriles is 1. The Balaban J connectivity index is 1.39. The van der Waals surface area contributed by atoms with Crippen molar-refractivity contribution in [1.29, 1.82) is 5.26 Å². The first-order chi connectivity index (χ1) is 18.1. The van der Waals surface area contributed by atoms with Gasteiger partial charge in [-0.15, -0.1) is 0 Å². The van der Waals surface area contributed by atoms with E-state index in [2.05, 4.69) is 41.9 Å². The normalized spacial score (nSPS) is 21.2. The number of aromatic nitrogens is 5. The number of anilines is 1. The average Bonchev–Trinajstić information content (AvgIpc) is 3.57. The zero-order valence-electron chi connectivity index (χ0n) is 22.0. The monoisotopic (exact) mass is 510 g/mol. The zero-order chi connectivity index (χ0) is 26.8. The van der Waals surface area contributed by atoms with E-state index in [0.717, 1.165) is 46.4 Å². The van der Waals surface area contributed by atoms with E-state index in [9.17, 15) is 15.2 Å². The molecule has 2 aliphatic rings. The number of pyridine rings is 2. The van der Waals surface area contributed by atoms with E-state index in [1.165, 1.54) is 0 Å². The molecule has 0 spiro atoms. The number of aryl methyl sites for hydroxylation is 1. The van der Waals surface area contributed by atoms with Gasteiger partial charge in [-0.25, -0.2) is 14.3 Å². The highest BCUT2D eigenvalue weighted by Gasteiger charge is 2.59. The van der Waals surface area contributed by atoms with Crippen LogP contribution in [-0.2, 0) is 7.05 Å². The van der Waals surface area contributed by atoms with Crippen molar-refractivity contribution in [2.45, 2.75) is 45.2 Å². The van der Waals surface area contributed by atoms with Crippen LogP contribution in [0.1, 0.15) is 39.2 Å². The van der Waals surface area contributed by atoms with Crippen molar-refractivity contribution in [3.8, 4) is 28.3 Å². The fourth-order valence-electron chi connectivity index (χ4n) is 6.34. The molecule has 2 atom stereocenters. The maximum absolute atomic E-state index is 12.2. The number of carbonyl (C=O) groups is 1. The molecule has 0 radical (unpaired) electrons. The number of fused-ring (bicyclic) bond motifs is 3. The predicted octanol–water partition coefficient (Wildman–Crippen LogP) is 4.42. The number of amides is 1. The fraction of sp³-hybridized carbons (Fsp3) is 0.393. The molecule has 0 saturated carbocycles. The van der Waals surface area contributed by atoms with Gasteiger partial charge in [0.15, 0.2) is 0 Å². The number of hydrogen-bond acceptors (Lipinski definition) is 6. The molecule has 194 valence electrons. The molecule has 2 aliphatic heterocycles. The highest BCUT2D eigenvalue weighted by molar-refractivity contribution is 5.87. The molecule has 38 heavy (non-hydrogen) atoms. The van der Waals surface area contributed by atoms with Gasteiger partial charge in [0, 0.05) is 61.0 Å². The lowest BCUT2D eigenvalue weighted by molar-refractivity contribution is 0.00525. The van der Waals surface area contributed by atoms with Crippen LogP contribution in [0.25, 0.3) is 27.8 Å². The second-order valence-electron chi connectivity index (χ2n) is 11.4. The Morgan fingerprint density at radius 1 is 1.13 bits per heavy atom. The minimum absolute atomic E-state index is 0.0530. The molecule has 0 aliphatic carbocycles. The van der Waals surface area contributed by atoms with E-state index in [1.807, 2.05) is 43.8 Å². The van der Waals surface area contributed by atoms with Crippen LogP contribution in [-0.4, -0.2) is 65.1 Å². The summed E-state index contributed by atoms with van der Waals surface area (Å²) in [5.74, 6) is 0.827. The van der Waals surface area contributed by atoms with Gasteiger partial charge >= 0.3 is 6.09 Å². The SMILES string of the molecule is Cn1cc(-c2cc(-c3ccc(N4CC5CCC(C(C)(C)C)(C4)N5C(=O)O)nc3)c3c(C#N)cnn3c2)cn1. The van der Waals surface area contributed by atoms with Crippen molar-refractivity contribution in [2.75, 3.05) is 18.0 Å². The Bertz CT molecular complexity index is 1590. The molecule has 1 amide bonds. The smallest absolute Gasteiger partial charge is 0.408 e. The van der Waals surface area contributed by atoms with E-state index >= 15 is 0 Å². The van der Waals surface area contributed by atoms with E-state index < -0.39 is 11.6 Å². The van der Waals surface area contributed by atoms with Crippen LogP contribution in [0.15, 0.2) is 49.2 Å². The Morgan fingerprint density at radius 2 is 1.95 bits per heavy atom. The van der Waals surface area contributed by atoms with Gasteiger partial charge < -0.3 is 10.0 Å². The van der Waals surface area contributed by atoms with Gasteiger partial charge in [-0.3, -0.25) is 9.58 Å². The quantitative estimate of drug-likeness (QED) is 0.434. The largest absolute Gasteiger partial charge is 0.465 e. The molecule has 4 aromatic heterocycles. The van der Waals surface area contributed by atoms with Crippen LogP contribution in [0.2, 0.25) is 0 Å². The Kier molecular flexibility index (Phi) is 5.24. The minimum Gasteiger partial charge on any atom is -0.465 e. The van der Waals surface area contributed by atoms with Crippen LogP contribution in [0.5, 0.6) is 0 Å². The van der Waals surface area contributed by atoms with Gasteiger partial charge in [0.1, 0.15) is 11.9 Å². The van der Waals surface area contributed by atoms with Crippen molar-refractivity contribution >= 4 is 17.4 Å². The molecular formula is C28H30N8O2. The van der Waals surface area contributed by atoms with Crippen molar-refractivity contribution < 1.29 is 9.90 Å². The number of hydrogen-bond donors (Lipinski definition) is 1. The number of carboxylic acid groups (broad SMARTS) is 1. The Labute approximate surface area is 220 Å². The van der Waals surface area contributed by atoms with Crippen molar-refractivity contribution in [2.24, 2.45) is 12.5 Å². The van der Waals surface area contributed by atoms with Crippen molar-refractivity contribution in [3.05, 3.63) is 54.7 Å². The van der Waals surface area contributed by atoms with Crippen LogP contribution in [0, 0.1) is 16.7 Å². The first kappa shape index (κ1) is 24.0. The molecule has 2 unspecified atom stereocenters. The molecule has 6 rings (SSSR count). The standard InChI is InChI=1S/C28H30N8O2/c1-27(2,3)28-8-7-22(36(28)26(37)38)16-34(17-28)24-6-5-18(11-30-24)23-9-19(21-13-31-33(4)14-21)15-35-25(23)20(10-29)12-32-35/h5-6,9,11-15,22H,7-8,16-17H2,1-4H3,(H,37,38). The summed E-state index contributed by atoms with van der Waals surface area (Å²) in [6.45, 7) is 7.62. The second-order valence-corrected chi connectivity index (χ2v) is 11.4.